The molecule has 84 valence electrons. The van der Waals surface area contributed by atoms with Gasteiger partial charge in [0.25, 0.3) is 0 Å². The van der Waals surface area contributed by atoms with Crippen molar-refractivity contribution in [1.82, 2.24) is 10.5 Å². The molecule has 0 aliphatic heterocycles. The molecule has 0 saturated carbocycles. The summed E-state index contributed by atoms with van der Waals surface area (Å²) in [5, 5.41) is 16.9. The normalized spacial score (nSPS) is 10.6. The summed E-state index contributed by atoms with van der Waals surface area (Å²) in [6, 6.07) is 7.05. The maximum atomic E-state index is 9.65. The Morgan fingerprint density at radius 1 is 1.31 bits per heavy atom. The highest BCUT2D eigenvalue weighted by Gasteiger charge is 2.04. The van der Waals surface area contributed by atoms with E-state index in [0.29, 0.717) is 18.1 Å². The molecule has 0 unspecified atom stereocenters. The minimum Gasteiger partial charge on any atom is -0.506 e. The molecule has 2 N–H and O–H groups in total. The van der Waals surface area contributed by atoms with Crippen molar-refractivity contribution in [3.05, 3.63) is 46.8 Å². The minimum atomic E-state index is 0.122. The smallest absolute Gasteiger partial charge is 0.138 e. The molecule has 1 heterocycles. The molecule has 1 aromatic heterocycles. The average Bonchev–Trinajstić information content (AvgIpc) is 2.77. The van der Waals surface area contributed by atoms with Crippen molar-refractivity contribution < 1.29 is 9.63 Å². The zero-order valence-corrected chi connectivity index (χ0v) is 9.24. The zero-order chi connectivity index (χ0) is 11.4. The largest absolute Gasteiger partial charge is 0.506 e. The number of aromatic nitrogens is 1. The van der Waals surface area contributed by atoms with Crippen molar-refractivity contribution in [1.29, 1.82) is 0 Å². The summed E-state index contributed by atoms with van der Waals surface area (Å²) in [5.74, 6) is 0.122. The molecule has 0 aliphatic carbocycles. The molecule has 4 nitrogen and oxygen atoms in total. The lowest BCUT2D eigenvalue weighted by atomic mass is 10.2. The number of hydrogen-bond donors (Lipinski definition) is 2. The van der Waals surface area contributed by atoms with Gasteiger partial charge in [-0.2, -0.15) is 0 Å². The molecule has 2 rings (SSSR count). The minimum absolute atomic E-state index is 0.122. The molecule has 0 bridgehead atoms. The SMILES string of the molecule is Oc1c(Cl)cccc1CNCc1ccon1. The Bertz CT molecular complexity index is 457. The fraction of sp³-hybridized carbons (Fsp3) is 0.182. The van der Waals surface area contributed by atoms with Crippen LogP contribution in [-0.4, -0.2) is 10.3 Å². The van der Waals surface area contributed by atoms with Gasteiger partial charge in [-0.3, -0.25) is 0 Å². The highest BCUT2D eigenvalue weighted by atomic mass is 35.5. The Balaban J connectivity index is 1.92. The number of benzene rings is 1. The van der Waals surface area contributed by atoms with Gasteiger partial charge in [0.2, 0.25) is 0 Å². The van der Waals surface area contributed by atoms with E-state index in [9.17, 15) is 5.11 Å². The Hall–Kier alpha value is -1.52. The standard InChI is InChI=1S/C11H11ClN2O2/c12-10-3-1-2-8(11(10)15)6-13-7-9-4-5-16-14-9/h1-5,13,15H,6-7H2. The quantitative estimate of drug-likeness (QED) is 0.858. The second kappa shape index (κ2) is 5.01. The summed E-state index contributed by atoms with van der Waals surface area (Å²) in [7, 11) is 0. The first kappa shape index (κ1) is 11.0. The van der Waals surface area contributed by atoms with Crippen molar-refractivity contribution in [3.63, 3.8) is 0 Å². The molecule has 5 heteroatoms. The highest BCUT2D eigenvalue weighted by Crippen LogP contribution is 2.26. The summed E-state index contributed by atoms with van der Waals surface area (Å²) < 4.78 is 4.70. The van der Waals surface area contributed by atoms with Crippen LogP contribution >= 0.6 is 11.6 Å². The van der Waals surface area contributed by atoms with Gasteiger partial charge in [0, 0.05) is 24.7 Å². The number of phenols is 1. The first-order chi connectivity index (χ1) is 7.77. The molecule has 0 fully saturated rings. The fourth-order valence-electron chi connectivity index (χ4n) is 1.36. The number of phenolic OH excluding ortho intramolecular Hbond substituents is 1. The van der Waals surface area contributed by atoms with Crippen molar-refractivity contribution in [3.8, 4) is 5.75 Å². The third-order valence-corrected chi connectivity index (χ3v) is 2.49. The number of nitrogens with zero attached hydrogens (tertiary/aromatic N) is 1. The predicted molar refractivity (Wildman–Crippen MR) is 60.2 cm³/mol. The molecular weight excluding hydrogens is 228 g/mol. The van der Waals surface area contributed by atoms with Crippen molar-refractivity contribution >= 4 is 11.6 Å². The van der Waals surface area contributed by atoms with Crippen LogP contribution in [0.3, 0.4) is 0 Å². The van der Waals surface area contributed by atoms with Crippen molar-refractivity contribution in [2.75, 3.05) is 0 Å². The van der Waals surface area contributed by atoms with E-state index in [2.05, 4.69) is 10.5 Å². The fourth-order valence-corrected chi connectivity index (χ4v) is 1.55. The average molecular weight is 239 g/mol. The van der Waals surface area contributed by atoms with E-state index >= 15 is 0 Å². The lowest BCUT2D eigenvalue weighted by molar-refractivity contribution is 0.408. The van der Waals surface area contributed by atoms with E-state index in [-0.39, 0.29) is 5.75 Å². The number of para-hydroxylation sites is 1. The number of nitrogens with one attached hydrogen (secondary N) is 1. The van der Waals surface area contributed by atoms with Crippen LogP contribution in [0.15, 0.2) is 35.1 Å². The van der Waals surface area contributed by atoms with Gasteiger partial charge in [0.05, 0.1) is 10.7 Å². The van der Waals surface area contributed by atoms with Gasteiger partial charge in [-0.15, -0.1) is 0 Å². The number of hydrogen-bond acceptors (Lipinski definition) is 4. The monoisotopic (exact) mass is 238 g/mol. The lowest BCUT2D eigenvalue weighted by Gasteiger charge is -2.06. The summed E-state index contributed by atoms with van der Waals surface area (Å²) in [4.78, 5) is 0. The molecule has 0 radical (unpaired) electrons. The van der Waals surface area contributed by atoms with Crippen LogP contribution < -0.4 is 5.32 Å². The van der Waals surface area contributed by atoms with Crippen molar-refractivity contribution in [2.45, 2.75) is 13.1 Å². The van der Waals surface area contributed by atoms with E-state index in [1.54, 1.807) is 18.2 Å². The maximum absolute atomic E-state index is 9.65. The van der Waals surface area contributed by atoms with Crippen LogP contribution in [0.25, 0.3) is 0 Å². The first-order valence-electron chi connectivity index (χ1n) is 4.83. The van der Waals surface area contributed by atoms with Crippen LogP contribution in [0.5, 0.6) is 5.75 Å². The second-order valence-corrected chi connectivity index (χ2v) is 3.75. The zero-order valence-electron chi connectivity index (χ0n) is 8.48. The number of rotatable bonds is 4. The molecule has 16 heavy (non-hydrogen) atoms. The summed E-state index contributed by atoms with van der Waals surface area (Å²) >= 11 is 5.79. The molecule has 1 aromatic carbocycles. The number of halogens is 1. The van der Waals surface area contributed by atoms with Crippen LogP contribution in [0, 0.1) is 0 Å². The molecule has 0 spiro atoms. The molecule has 0 atom stereocenters. The Labute approximate surface area is 97.8 Å². The van der Waals surface area contributed by atoms with Gasteiger partial charge in [0.1, 0.15) is 12.0 Å². The summed E-state index contributed by atoms with van der Waals surface area (Å²) in [6.07, 6.45) is 1.52. The van der Waals surface area contributed by atoms with Crippen molar-refractivity contribution in [2.24, 2.45) is 0 Å². The Morgan fingerprint density at radius 3 is 2.94 bits per heavy atom. The van der Waals surface area contributed by atoms with E-state index < -0.39 is 0 Å². The second-order valence-electron chi connectivity index (χ2n) is 3.34. The van der Waals surface area contributed by atoms with Crippen LogP contribution in [-0.2, 0) is 13.1 Å². The highest BCUT2D eigenvalue weighted by molar-refractivity contribution is 6.32. The van der Waals surface area contributed by atoms with Crippen LogP contribution in [0.2, 0.25) is 5.02 Å². The maximum Gasteiger partial charge on any atom is 0.138 e. The predicted octanol–water partition coefficient (Wildman–Crippen LogP) is 2.32. The summed E-state index contributed by atoms with van der Waals surface area (Å²) in [5.41, 5.74) is 1.58. The van der Waals surface area contributed by atoms with Crippen LogP contribution in [0.1, 0.15) is 11.3 Å². The van der Waals surface area contributed by atoms with E-state index in [0.717, 1.165) is 11.3 Å². The van der Waals surface area contributed by atoms with E-state index in [1.165, 1.54) is 6.26 Å². The first-order valence-corrected chi connectivity index (χ1v) is 5.21. The molecule has 0 aliphatic rings. The lowest BCUT2D eigenvalue weighted by Crippen LogP contribution is -2.12. The third kappa shape index (κ3) is 2.53. The number of aromatic hydroxyl groups is 1. The molecule has 0 amide bonds. The van der Waals surface area contributed by atoms with Gasteiger partial charge in [-0.05, 0) is 6.07 Å². The van der Waals surface area contributed by atoms with Gasteiger partial charge < -0.3 is 14.9 Å². The van der Waals surface area contributed by atoms with Gasteiger partial charge in [-0.1, -0.05) is 28.9 Å². The summed E-state index contributed by atoms with van der Waals surface area (Å²) in [6.45, 7) is 1.11. The van der Waals surface area contributed by atoms with Gasteiger partial charge in [-0.25, -0.2) is 0 Å². The third-order valence-electron chi connectivity index (χ3n) is 2.18. The van der Waals surface area contributed by atoms with Crippen LogP contribution in [0.4, 0.5) is 0 Å². The Morgan fingerprint density at radius 2 is 2.19 bits per heavy atom. The topological polar surface area (TPSA) is 58.3 Å². The van der Waals surface area contributed by atoms with Gasteiger partial charge in [0.15, 0.2) is 0 Å². The van der Waals surface area contributed by atoms with E-state index in [4.69, 9.17) is 16.1 Å². The van der Waals surface area contributed by atoms with E-state index in [1.807, 2.05) is 6.07 Å². The van der Waals surface area contributed by atoms with Gasteiger partial charge >= 0.3 is 0 Å². The molecular formula is C11H11ClN2O2. The molecule has 2 aromatic rings. The Kier molecular flexibility index (Phi) is 3.44. The molecule has 0 saturated heterocycles.